The zero-order chi connectivity index (χ0) is 22.8. The molecule has 0 spiro atoms. The highest BCUT2D eigenvalue weighted by Crippen LogP contribution is 2.16. The van der Waals surface area contributed by atoms with E-state index >= 15 is 0 Å². The van der Waals surface area contributed by atoms with Gasteiger partial charge in [0.15, 0.2) is 17.5 Å². The van der Waals surface area contributed by atoms with E-state index in [9.17, 15) is 22.8 Å². The van der Waals surface area contributed by atoms with Crippen LogP contribution in [0.1, 0.15) is 11.1 Å². The number of nitrogens with zero attached hydrogens (tertiary/aromatic N) is 6. The van der Waals surface area contributed by atoms with Gasteiger partial charge in [-0.15, -0.1) is 0 Å². The molecule has 12 heteroatoms. The summed E-state index contributed by atoms with van der Waals surface area (Å²) < 4.78 is 48.9. The van der Waals surface area contributed by atoms with Gasteiger partial charge >= 0.3 is 11.4 Å². The van der Waals surface area contributed by atoms with Crippen LogP contribution in [-0.4, -0.2) is 36.0 Å². The molecule has 0 fully saturated rings. The van der Waals surface area contributed by atoms with E-state index in [-0.39, 0.29) is 23.9 Å². The van der Waals surface area contributed by atoms with Gasteiger partial charge in [0.2, 0.25) is 11.8 Å². The predicted molar refractivity (Wildman–Crippen MR) is 105 cm³/mol. The van der Waals surface area contributed by atoms with Crippen LogP contribution in [0.2, 0.25) is 0 Å². The average molecular weight is 444 g/mol. The van der Waals surface area contributed by atoms with Gasteiger partial charge in [-0.1, -0.05) is 6.07 Å². The Bertz CT molecular complexity index is 1380. The van der Waals surface area contributed by atoms with Crippen molar-refractivity contribution in [3.63, 3.8) is 0 Å². The highest BCUT2D eigenvalue weighted by Gasteiger charge is 2.19. The van der Waals surface area contributed by atoms with Crippen molar-refractivity contribution < 1.29 is 17.9 Å². The molecule has 0 saturated carbocycles. The number of aromatic nitrogens is 6. The molecule has 0 unspecified atom stereocenters. The van der Waals surface area contributed by atoms with Crippen LogP contribution in [0.25, 0.3) is 5.95 Å². The van der Waals surface area contributed by atoms with Gasteiger partial charge in [0, 0.05) is 24.2 Å². The lowest BCUT2D eigenvalue weighted by atomic mass is 10.2. The van der Waals surface area contributed by atoms with Crippen LogP contribution < -0.4 is 16.1 Å². The Morgan fingerprint density at radius 1 is 1.00 bits per heavy atom. The molecule has 0 saturated heterocycles. The van der Waals surface area contributed by atoms with Crippen LogP contribution >= 0.6 is 0 Å². The molecule has 0 atom stereocenters. The third-order valence-corrected chi connectivity index (χ3v) is 4.60. The van der Waals surface area contributed by atoms with Crippen LogP contribution in [0.3, 0.4) is 0 Å². The molecule has 0 aliphatic carbocycles. The second-order valence-electron chi connectivity index (χ2n) is 6.65. The number of hydrogen-bond donors (Lipinski definition) is 0. The Labute approximate surface area is 178 Å². The maximum Gasteiger partial charge on any atom is 0.355 e. The highest BCUT2D eigenvalue weighted by atomic mass is 19.2. The minimum atomic E-state index is -1.62. The van der Waals surface area contributed by atoms with E-state index in [4.69, 9.17) is 4.74 Å². The molecule has 9 nitrogen and oxygen atoms in total. The number of pyridine rings is 1. The Hall–Kier alpha value is -4.22. The lowest BCUT2D eigenvalue weighted by molar-refractivity contribution is 0.389. The number of halogens is 3. The lowest BCUT2D eigenvalue weighted by Crippen LogP contribution is -2.44. The first-order chi connectivity index (χ1) is 15.4. The number of methoxy groups -OCH3 is 1. The van der Waals surface area contributed by atoms with E-state index in [0.29, 0.717) is 5.56 Å². The normalized spacial score (nSPS) is 11.0. The summed E-state index contributed by atoms with van der Waals surface area (Å²) in [4.78, 5) is 33.9. The fraction of sp³-hybridized carbons (Fsp3) is 0.150. The van der Waals surface area contributed by atoms with Crippen LogP contribution in [0, 0.1) is 17.5 Å². The monoisotopic (exact) mass is 444 g/mol. The third-order valence-electron chi connectivity index (χ3n) is 4.60. The predicted octanol–water partition coefficient (Wildman–Crippen LogP) is 1.51. The fourth-order valence-corrected chi connectivity index (χ4v) is 3.14. The SMILES string of the molecule is COc1ncccc1Cn1c(=O)nc(-n2cccn2)n(Cc2cc(F)c(F)c(F)c2)c1=O. The largest absolute Gasteiger partial charge is 0.481 e. The number of hydrogen-bond acceptors (Lipinski definition) is 6. The summed E-state index contributed by atoms with van der Waals surface area (Å²) in [7, 11) is 1.39. The van der Waals surface area contributed by atoms with Gasteiger partial charge in [-0.25, -0.2) is 37.0 Å². The summed E-state index contributed by atoms with van der Waals surface area (Å²) in [5.41, 5.74) is -1.32. The summed E-state index contributed by atoms with van der Waals surface area (Å²) in [5.74, 6) is -4.40. The lowest BCUT2D eigenvalue weighted by Gasteiger charge is -2.15. The van der Waals surface area contributed by atoms with E-state index in [1.54, 1.807) is 18.2 Å². The van der Waals surface area contributed by atoms with Gasteiger partial charge in [-0.05, 0) is 29.8 Å². The van der Waals surface area contributed by atoms with Crippen LogP contribution in [0.15, 0.2) is 58.5 Å². The van der Waals surface area contributed by atoms with E-state index in [1.807, 2.05) is 0 Å². The smallest absolute Gasteiger partial charge is 0.355 e. The molecule has 0 radical (unpaired) electrons. The Morgan fingerprint density at radius 3 is 2.41 bits per heavy atom. The van der Waals surface area contributed by atoms with Crippen molar-refractivity contribution in [1.82, 2.24) is 28.9 Å². The molecule has 1 aromatic carbocycles. The van der Waals surface area contributed by atoms with Crippen molar-refractivity contribution in [2.45, 2.75) is 13.1 Å². The molecule has 0 bridgehead atoms. The topological polar surface area (TPSA) is 96.8 Å². The van der Waals surface area contributed by atoms with Gasteiger partial charge in [0.05, 0.1) is 20.2 Å². The van der Waals surface area contributed by atoms with E-state index in [2.05, 4.69) is 15.1 Å². The van der Waals surface area contributed by atoms with E-state index in [1.165, 1.54) is 25.7 Å². The molecular formula is C20H15F3N6O3. The maximum atomic E-state index is 13.7. The zero-order valence-electron chi connectivity index (χ0n) is 16.6. The van der Waals surface area contributed by atoms with Gasteiger partial charge in [-0.3, -0.25) is 4.57 Å². The first kappa shape index (κ1) is 21.0. The molecule has 0 N–H and O–H groups in total. The van der Waals surface area contributed by atoms with Crippen molar-refractivity contribution in [2.24, 2.45) is 0 Å². The van der Waals surface area contributed by atoms with Crippen molar-refractivity contribution in [3.05, 3.63) is 98.5 Å². The molecular weight excluding hydrogens is 429 g/mol. The minimum Gasteiger partial charge on any atom is -0.481 e. The van der Waals surface area contributed by atoms with Crippen molar-refractivity contribution in [1.29, 1.82) is 0 Å². The van der Waals surface area contributed by atoms with Crippen LogP contribution in [0.5, 0.6) is 5.88 Å². The second kappa shape index (κ2) is 8.49. The quantitative estimate of drug-likeness (QED) is 0.419. The third kappa shape index (κ3) is 3.89. The van der Waals surface area contributed by atoms with Crippen molar-refractivity contribution >= 4 is 0 Å². The summed E-state index contributed by atoms with van der Waals surface area (Å²) in [5, 5.41) is 3.97. The zero-order valence-corrected chi connectivity index (χ0v) is 16.6. The van der Waals surface area contributed by atoms with E-state index < -0.39 is 35.4 Å². The van der Waals surface area contributed by atoms with Crippen LogP contribution in [0.4, 0.5) is 13.2 Å². The number of rotatable bonds is 6. The van der Waals surface area contributed by atoms with E-state index in [0.717, 1.165) is 25.9 Å². The molecule has 4 aromatic rings. The molecule has 0 amide bonds. The van der Waals surface area contributed by atoms with Crippen molar-refractivity contribution in [2.75, 3.05) is 7.11 Å². The summed E-state index contributed by atoms with van der Waals surface area (Å²) in [6.45, 7) is -0.618. The number of ether oxygens (including phenoxy) is 1. The minimum absolute atomic E-state index is 0.0529. The molecule has 164 valence electrons. The summed E-state index contributed by atoms with van der Waals surface area (Å²) in [6.07, 6.45) is 4.33. The second-order valence-corrected chi connectivity index (χ2v) is 6.65. The van der Waals surface area contributed by atoms with Crippen molar-refractivity contribution in [3.8, 4) is 11.8 Å². The first-order valence-corrected chi connectivity index (χ1v) is 9.22. The van der Waals surface area contributed by atoms with Gasteiger partial charge < -0.3 is 4.74 Å². The Morgan fingerprint density at radius 2 is 1.75 bits per heavy atom. The first-order valence-electron chi connectivity index (χ1n) is 9.22. The molecule has 32 heavy (non-hydrogen) atoms. The standard InChI is InChI=1S/C20H15F3N6O3/c1-32-17-13(4-2-5-24-17)11-28-19(30)26-18(29-7-3-6-25-29)27(20(28)31)10-12-8-14(21)16(23)15(22)9-12/h2-9H,10-11H2,1H3. The molecule has 0 aliphatic rings. The van der Waals surface area contributed by atoms with Gasteiger partial charge in [0.1, 0.15) is 0 Å². The fourth-order valence-electron chi connectivity index (χ4n) is 3.14. The molecule has 4 rings (SSSR count). The summed E-state index contributed by atoms with van der Waals surface area (Å²) in [6, 6.07) is 6.29. The highest BCUT2D eigenvalue weighted by molar-refractivity contribution is 5.26. The Balaban J connectivity index is 1.88. The number of benzene rings is 1. The van der Waals surface area contributed by atoms with Crippen LogP contribution in [-0.2, 0) is 13.1 Å². The molecule has 3 heterocycles. The molecule has 0 aliphatic heterocycles. The van der Waals surface area contributed by atoms with Gasteiger partial charge in [-0.2, -0.15) is 10.1 Å². The van der Waals surface area contributed by atoms with Gasteiger partial charge in [0.25, 0.3) is 0 Å². The Kier molecular flexibility index (Phi) is 5.58. The molecule has 3 aromatic heterocycles. The maximum absolute atomic E-state index is 13.7. The average Bonchev–Trinajstić information content (AvgIpc) is 3.31. The summed E-state index contributed by atoms with van der Waals surface area (Å²) >= 11 is 0.